The number of nitrogens with one attached hydrogen (secondary N) is 1. The van der Waals surface area contributed by atoms with Gasteiger partial charge >= 0.3 is 6.18 Å². The Kier molecular flexibility index (Phi) is 5.49. The van der Waals surface area contributed by atoms with Crippen LogP contribution in [0.3, 0.4) is 0 Å². The zero-order valence-corrected chi connectivity index (χ0v) is 14.6. The molecule has 10 nitrogen and oxygen atoms in total. The van der Waals surface area contributed by atoms with Crippen molar-refractivity contribution in [2.75, 3.05) is 5.32 Å². The molecule has 0 fully saturated rings. The normalized spacial score (nSPS) is 11.2. The van der Waals surface area contributed by atoms with Gasteiger partial charge in [-0.05, 0) is 15.9 Å². The van der Waals surface area contributed by atoms with Gasteiger partial charge in [-0.1, -0.05) is 0 Å². The Morgan fingerprint density at radius 1 is 0.857 bits per heavy atom. The summed E-state index contributed by atoms with van der Waals surface area (Å²) in [6.07, 6.45) is -5.27. The highest BCUT2D eigenvalue weighted by atomic mass is 79.9. The average Bonchev–Trinajstić information content (AvgIpc) is 2.56. The van der Waals surface area contributed by atoms with Crippen LogP contribution in [0.4, 0.5) is 46.0 Å². The summed E-state index contributed by atoms with van der Waals surface area (Å²) < 4.78 is 53.8. The fourth-order valence-corrected chi connectivity index (χ4v) is 2.65. The van der Waals surface area contributed by atoms with Gasteiger partial charge in [-0.2, -0.15) is 13.2 Å². The fraction of sp³-hybridized carbons (Fsp3) is 0.0769. The first-order valence-corrected chi connectivity index (χ1v) is 7.56. The molecular formula is C13H5BrF4N4O6. The highest BCUT2D eigenvalue weighted by Crippen LogP contribution is 2.45. The van der Waals surface area contributed by atoms with Gasteiger partial charge in [-0.15, -0.1) is 0 Å². The maximum atomic E-state index is 14.2. The van der Waals surface area contributed by atoms with Crippen molar-refractivity contribution in [2.24, 2.45) is 0 Å². The number of benzene rings is 2. The molecule has 148 valence electrons. The molecule has 0 atom stereocenters. The third kappa shape index (κ3) is 4.13. The van der Waals surface area contributed by atoms with E-state index in [1.807, 2.05) is 5.32 Å². The zero-order chi connectivity index (χ0) is 21.4. The van der Waals surface area contributed by atoms with Gasteiger partial charge in [0.1, 0.15) is 5.69 Å². The second-order valence-corrected chi connectivity index (χ2v) is 5.92. The number of nitro groups is 3. The summed E-state index contributed by atoms with van der Waals surface area (Å²) in [4.78, 5) is 29.1. The van der Waals surface area contributed by atoms with Crippen LogP contribution in [0.15, 0.2) is 28.7 Å². The van der Waals surface area contributed by atoms with Gasteiger partial charge in [0.15, 0.2) is 5.82 Å². The van der Waals surface area contributed by atoms with Crippen LogP contribution in [0, 0.1) is 36.2 Å². The number of alkyl halides is 3. The first-order chi connectivity index (χ1) is 12.8. The maximum Gasteiger partial charge on any atom is 0.418 e. The van der Waals surface area contributed by atoms with Gasteiger partial charge in [-0.3, -0.25) is 30.3 Å². The van der Waals surface area contributed by atoms with E-state index in [-0.39, 0.29) is 12.1 Å². The van der Waals surface area contributed by atoms with Crippen molar-refractivity contribution in [1.29, 1.82) is 0 Å². The van der Waals surface area contributed by atoms with Crippen LogP contribution in [-0.2, 0) is 6.18 Å². The predicted octanol–water partition coefficient (Wildman–Crippen LogP) is 5.08. The second kappa shape index (κ2) is 7.34. The van der Waals surface area contributed by atoms with E-state index in [4.69, 9.17) is 0 Å². The van der Waals surface area contributed by atoms with Crippen molar-refractivity contribution in [3.8, 4) is 0 Å². The van der Waals surface area contributed by atoms with Gasteiger partial charge in [0.25, 0.3) is 17.1 Å². The van der Waals surface area contributed by atoms with Crippen LogP contribution in [0.2, 0.25) is 0 Å². The SMILES string of the molecule is O=[N+]([O-])c1cc(F)c(Nc2c([N+](=O)[O-])cc([N+](=O)[O-])cc2C(F)(F)F)c(Br)c1. The Balaban J connectivity index is 2.77. The molecule has 0 aromatic heterocycles. The molecule has 0 unspecified atom stereocenters. The first kappa shape index (κ1) is 20.9. The maximum absolute atomic E-state index is 14.2. The molecule has 2 aromatic rings. The lowest BCUT2D eigenvalue weighted by molar-refractivity contribution is -0.394. The van der Waals surface area contributed by atoms with Crippen molar-refractivity contribution in [2.45, 2.75) is 6.18 Å². The lowest BCUT2D eigenvalue weighted by atomic mass is 10.1. The van der Waals surface area contributed by atoms with Gasteiger partial charge in [-0.25, -0.2) is 4.39 Å². The van der Waals surface area contributed by atoms with E-state index in [1.54, 1.807) is 0 Å². The number of non-ortho nitro benzene ring substituents is 2. The van der Waals surface area contributed by atoms with E-state index in [0.717, 1.165) is 6.07 Å². The molecule has 2 rings (SSSR count). The molecule has 1 N–H and O–H groups in total. The largest absolute Gasteiger partial charge is 0.418 e. The summed E-state index contributed by atoms with van der Waals surface area (Å²) in [5, 5.41) is 34.5. The quantitative estimate of drug-likeness (QED) is 0.366. The molecule has 2 aromatic carbocycles. The number of hydrogen-bond donors (Lipinski definition) is 1. The number of rotatable bonds is 5. The number of nitrogens with zero attached hydrogens (tertiary/aromatic N) is 3. The zero-order valence-electron chi connectivity index (χ0n) is 13.0. The Hall–Kier alpha value is -3.36. The summed E-state index contributed by atoms with van der Waals surface area (Å²) >= 11 is 2.73. The van der Waals surface area contributed by atoms with Crippen LogP contribution in [0.25, 0.3) is 0 Å². The minimum absolute atomic E-state index is 0.0481. The molecule has 0 spiro atoms. The van der Waals surface area contributed by atoms with Crippen LogP contribution in [0.1, 0.15) is 5.56 Å². The molecule has 0 aliphatic carbocycles. The highest BCUT2D eigenvalue weighted by Gasteiger charge is 2.40. The summed E-state index contributed by atoms with van der Waals surface area (Å²) in [5.41, 5.74) is -7.11. The Labute approximate surface area is 159 Å². The number of hydrogen-bond acceptors (Lipinski definition) is 7. The lowest BCUT2D eigenvalue weighted by Gasteiger charge is -2.16. The van der Waals surface area contributed by atoms with Crippen molar-refractivity contribution in [1.82, 2.24) is 0 Å². The van der Waals surface area contributed by atoms with Gasteiger partial charge in [0.05, 0.1) is 42.6 Å². The monoisotopic (exact) mass is 468 g/mol. The van der Waals surface area contributed by atoms with E-state index in [1.165, 1.54) is 0 Å². The molecule has 0 amide bonds. The fourth-order valence-electron chi connectivity index (χ4n) is 2.13. The van der Waals surface area contributed by atoms with E-state index >= 15 is 0 Å². The Morgan fingerprint density at radius 3 is 1.82 bits per heavy atom. The van der Waals surface area contributed by atoms with Gasteiger partial charge in [0.2, 0.25) is 0 Å². The second-order valence-electron chi connectivity index (χ2n) is 5.07. The molecule has 0 saturated carbocycles. The smallest absolute Gasteiger partial charge is 0.346 e. The van der Waals surface area contributed by atoms with Crippen LogP contribution < -0.4 is 5.32 Å². The van der Waals surface area contributed by atoms with Crippen molar-refractivity contribution in [3.05, 3.63) is 70.5 Å². The predicted molar refractivity (Wildman–Crippen MR) is 88.8 cm³/mol. The van der Waals surface area contributed by atoms with E-state index < -0.39 is 65.2 Å². The highest BCUT2D eigenvalue weighted by molar-refractivity contribution is 9.10. The van der Waals surface area contributed by atoms with E-state index in [0.29, 0.717) is 6.07 Å². The van der Waals surface area contributed by atoms with Gasteiger partial charge < -0.3 is 5.32 Å². The van der Waals surface area contributed by atoms with Crippen molar-refractivity contribution >= 4 is 44.4 Å². The third-order valence-electron chi connectivity index (χ3n) is 3.30. The molecule has 0 heterocycles. The Morgan fingerprint density at radius 2 is 1.39 bits per heavy atom. The van der Waals surface area contributed by atoms with E-state index in [2.05, 4.69) is 15.9 Å². The van der Waals surface area contributed by atoms with Crippen LogP contribution in [-0.4, -0.2) is 14.8 Å². The van der Waals surface area contributed by atoms with Crippen molar-refractivity contribution < 1.29 is 32.3 Å². The molecule has 0 bridgehead atoms. The number of halogens is 5. The number of anilines is 2. The minimum atomic E-state index is -5.27. The van der Waals surface area contributed by atoms with Crippen LogP contribution >= 0.6 is 15.9 Å². The topological polar surface area (TPSA) is 141 Å². The van der Waals surface area contributed by atoms with Crippen molar-refractivity contribution in [3.63, 3.8) is 0 Å². The summed E-state index contributed by atoms with van der Waals surface area (Å²) in [5.74, 6) is -1.39. The molecule has 28 heavy (non-hydrogen) atoms. The summed E-state index contributed by atoms with van der Waals surface area (Å²) in [6.45, 7) is 0. The average molecular weight is 469 g/mol. The molecule has 0 aliphatic heterocycles. The summed E-state index contributed by atoms with van der Waals surface area (Å²) in [7, 11) is 0. The Bertz CT molecular complexity index is 990. The molecular weight excluding hydrogens is 464 g/mol. The summed E-state index contributed by atoms with van der Waals surface area (Å²) in [6, 6.07) is 1.47. The standard InChI is InChI=1S/C13H5BrF4N4O6/c14-8-2-6(21(25)26)3-9(15)12(8)19-11-7(13(16,17)18)1-5(20(23)24)4-10(11)22(27)28/h1-4,19H. The molecule has 15 heteroatoms. The first-order valence-electron chi connectivity index (χ1n) is 6.77. The number of nitro benzene ring substituents is 3. The van der Waals surface area contributed by atoms with E-state index in [9.17, 15) is 47.9 Å². The molecule has 0 aliphatic rings. The lowest BCUT2D eigenvalue weighted by Crippen LogP contribution is -2.12. The minimum Gasteiger partial charge on any atom is -0.346 e. The van der Waals surface area contributed by atoms with Crippen LogP contribution in [0.5, 0.6) is 0 Å². The van der Waals surface area contributed by atoms with Gasteiger partial charge in [0, 0.05) is 12.1 Å². The third-order valence-corrected chi connectivity index (χ3v) is 3.93. The molecule has 0 radical (unpaired) electrons. The molecule has 0 saturated heterocycles.